The number of aliphatic hydroxyl groups excluding tert-OH is 1. The van der Waals surface area contributed by atoms with Crippen LogP contribution in [0.4, 0.5) is 10.5 Å². The fraction of sp³-hybridized carbons (Fsp3) is 0.562. The number of unbranched alkanes of at least 4 members (excludes halogenated alkanes) is 1. The van der Waals surface area contributed by atoms with Gasteiger partial charge in [0.15, 0.2) is 0 Å². The van der Waals surface area contributed by atoms with Gasteiger partial charge in [0, 0.05) is 12.2 Å². The predicted octanol–water partition coefficient (Wildman–Crippen LogP) is 3.02. The van der Waals surface area contributed by atoms with Gasteiger partial charge in [-0.05, 0) is 43.4 Å². The fourth-order valence-corrected chi connectivity index (χ4v) is 2.62. The summed E-state index contributed by atoms with van der Waals surface area (Å²) in [7, 11) is 0. The van der Waals surface area contributed by atoms with Crippen LogP contribution < -0.4 is 5.32 Å². The highest BCUT2D eigenvalue weighted by molar-refractivity contribution is 5.89. The van der Waals surface area contributed by atoms with E-state index in [4.69, 9.17) is 0 Å². The van der Waals surface area contributed by atoms with Crippen LogP contribution in [0.3, 0.4) is 0 Å². The molecule has 1 aromatic carbocycles. The van der Waals surface area contributed by atoms with Crippen molar-refractivity contribution >= 4 is 11.7 Å². The zero-order chi connectivity index (χ0) is 14.4. The monoisotopic (exact) mass is 276 g/mol. The van der Waals surface area contributed by atoms with Crippen LogP contribution in [0.25, 0.3) is 0 Å². The number of anilines is 1. The van der Waals surface area contributed by atoms with Gasteiger partial charge in [0.2, 0.25) is 0 Å². The molecule has 0 aromatic heterocycles. The van der Waals surface area contributed by atoms with Crippen LogP contribution in [0, 0.1) is 0 Å². The van der Waals surface area contributed by atoms with Crippen LogP contribution in [0.5, 0.6) is 0 Å². The molecule has 2 N–H and O–H groups in total. The SMILES string of the molecule is CCCCc1ccc(NC(=O)N2CCC[C@H]2CO)cc1. The van der Waals surface area contributed by atoms with Gasteiger partial charge in [0.25, 0.3) is 0 Å². The van der Waals surface area contributed by atoms with Crippen LogP contribution in [0.15, 0.2) is 24.3 Å². The second kappa shape index (κ2) is 7.29. The maximum atomic E-state index is 12.1. The summed E-state index contributed by atoms with van der Waals surface area (Å²) in [5.74, 6) is 0. The Bertz CT molecular complexity index is 431. The minimum absolute atomic E-state index is 0.0289. The topological polar surface area (TPSA) is 52.6 Å². The largest absolute Gasteiger partial charge is 0.394 e. The van der Waals surface area contributed by atoms with Crippen molar-refractivity contribution in [3.8, 4) is 0 Å². The molecule has 1 saturated heterocycles. The lowest BCUT2D eigenvalue weighted by atomic mass is 10.1. The van der Waals surface area contributed by atoms with Gasteiger partial charge < -0.3 is 15.3 Å². The van der Waals surface area contributed by atoms with Gasteiger partial charge in [-0.2, -0.15) is 0 Å². The predicted molar refractivity (Wildman–Crippen MR) is 80.9 cm³/mol. The van der Waals surface area contributed by atoms with E-state index in [-0.39, 0.29) is 18.7 Å². The number of hydrogen-bond donors (Lipinski definition) is 2. The molecule has 2 amide bonds. The van der Waals surface area contributed by atoms with E-state index in [0.717, 1.165) is 31.5 Å². The number of urea groups is 1. The van der Waals surface area contributed by atoms with Crippen LogP contribution in [-0.2, 0) is 6.42 Å². The van der Waals surface area contributed by atoms with E-state index < -0.39 is 0 Å². The summed E-state index contributed by atoms with van der Waals surface area (Å²) in [4.78, 5) is 13.9. The second-order valence-electron chi connectivity index (χ2n) is 5.40. The Morgan fingerprint density at radius 1 is 1.40 bits per heavy atom. The number of aliphatic hydroxyl groups is 1. The van der Waals surface area contributed by atoms with Gasteiger partial charge in [-0.1, -0.05) is 25.5 Å². The summed E-state index contributed by atoms with van der Waals surface area (Å²) >= 11 is 0. The van der Waals surface area contributed by atoms with Gasteiger partial charge in [-0.15, -0.1) is 0 Å². The highest BCUT2D eigenvalue weighted by Crippen LogP contribution is 2.19. The van der Waals surface area contributed by atoms with Gasteiger partial charge >= 0.3 is 6.03 Å². The van der Waals surface area contributed by atoms with E-state index in [9.17, 15) is 9.90 Å². The summed E-state index contributed by atoms with van der Waals surface area (Å²) in [5, 5.41) is 12.2. The normalized spacial score (nSPS) is 18.3. The smallest absolute Gasteiger partial charge is 0.322 e. The third-order valence-corrected chi connectivity index (χ3v) is 3.87. The maximum absolute atomic E-state index is 12.1. The Balaban J connectivity index is 1.90. The molecule has 0 bridgehead atoms. The highest BCUT2D eigenvalue weighted by Gasteiger charge is 2.27. The van der Waals surface area contributed by atoms with E-state index >= 15 is 0 Å². The Hall–Kier alpha value is -1.55. The molecule has 4 heteroatoms. The van der Waals surface area contributed by atoms with Gasteiger partial charge in [0.05, 0.1) is 12.6 Å². The number of benzene rings is 1. The summed E-state index contributed by atoms with van der Waals surface area (Å²) < 4.78 is 0. The summed E-state index contributed by atoms with van der Waals surface area (Å²) in [5.41, 5.74) is 2.12. The van der Waals surface area contributed by atoms with E-state index in [2.05, 4.69) is 24.4 Å². The molecule has 1 aliphatic heterocycles. The molecule has 0 aliphatic carbocycles. The molecule has 1 aliphatic rings. The first-order valence-corrected chi connectivity index (χ1v) is 7.52. The van der Waals surface area contributed by atoms with E-state index in [1.165, 1.54) is 18.4 Å². The lowest BCUT2D eigenvalue weighted by Gasteiger charge is -2.23. The quantitative estimate of drug-likeness (QED) is 0.868. The van der Waals surface area contributed by atoms with Crippen molar-refractivity contribution in [2.75, 3.05) is 18.5 Å². The summed E-state index contributed by atoms with van der Waals surface area (Å²) in [6, 6.07) is 7.90. The number of nitrogens with zero attached hydrogens (tertiary/aromatic N) is 1. The first kappa shape index (κ1) is 14.9. The lowest BCUT2D eigenvalue weighted by molar-refractivity contribution is 0.166. The Morgan fingerprint density at radius 2 is 2.15 bits per heavy atom. The van der Waals surface area contributed by atoms with Crippen LogP contribution >= 0.6 is 0 Å². The molecule has 0 spiro atoms. The van der Waals surface area contributed by atoms with Crippen LogP contribution in [0.1, 0.15) is 38.2 Å². The molecule has 0 saturated carbocycles. The molecule has 0 radical (unpaired) electrons. The third kappa shape index (κ3) is 3.73. The molecular formula is C16H24N2O2. The van der Waals surface area contributed by atoms with Crippen molar-refractivity contribution in [3.63, 3.8) is 0 Å². The number of hydrogen-bond acceptors (Lipinski definition) is 2. The number of amides is 2. The molecule has 4 nitrogen and oxygen atoms in total. The molecule has 0 unspecified atom stereocenters. The molecule has 2 rings (SSSR count). The van der Waals surface area contributed by atoms with Gasteiger partial charge in [0.1, 0.15) is 0 Å². The molecule has 20 heavy (non-hydrogen) atoms. The molecule has 1 heterocycles. The number of rotatable bonds is 5. The Kier molecular flexibility index (Phi) is 5.41. The number of aryl methyl sites for hydroxylation is 1. The lowest BCUT2D eigenvalue weighted by Crippen LogP contribution is -2.40. The average molecular weight is 276 g/mol. The number of nitrogens with one attached hydrogen (secondary N) is 1. The molecule has 110 valence electrons. The highest BCUT2D eigenvalue weighted by atomic mass is 16.3. The van der Waals surface area contributed by atoms with E-state index in [1.807, 2.05) is 12.1 Å². The van der Waals surface area contributed by atoms with Crippen molar-refractivity contribution < 1.29 is 9.90 Å². The van der Waals surface area contributed by atoms with Crippen molar-refractivity contribution in [1.29, 1.82) is 0 Å². The van der Waals surface area contributed by atoms with Crippen molar-refractivity contribution in [2.24, 2.45) is 0 Å². The Labute approximate surface area is 120 Å². The summed E-state index contributed by atoms with van der Waals surface area (Å²) in [6.07, 6.45) is 5.32. The molecule has 1 atom stereocenters. The van der Waals surface area contributed by atoms with Gasteiger partial charge in [-0.3, -0.25) is 0 Å². The summed E-state index contributed by atoms with van der Waals surface area (Å²) in [6.45, 7) is 2.96. The van der Waals surface area contributed by atoms with Crippen LogP contribution in [0.2, 0.25) is 0 Å². The van der Waals surface area contributed by atoms with Crippen molar-refractivity contribution in [3.05, 3.63) is 29.8 Å². The molecule has 1 fully saturated rings. The maximum Gasteiger partial charge on any atom is 0.322 e. The minimum atomic E-state index is -0.108. The Morgan fingerprint density at radius 3 is 2.80 bits per heavy atom. The first-order valence-electron chi connectivity index (χ1n) is 7.52. The zero-order valence-corrected chi connectivity index (χ0v) is 12.1. The average Bonchev–Trinajstić information content (AvgIpc) is 2.95. The van der Waals surface area contributed by atoms with Gasteiger partial charge in [-0.25, -0.2) is 4.79 Å². The number of carbonyl (C=O) groups is 1. The standard InChI is InChI=1S/C16H24N2O2/c1-2-3-5-13-7-9-14(10-8-13)17-16(20)18-11-4-6-15(18)12-19/h7-10,15,19H,2-6,11-12H2,1H3,(H,17,20)/t15-/m0/s1. The molecular weight excluding hydrogens is 252 g/mol. The first-order chi connectivity index (χ1) is 9.74. The van der Waals surface area contributed by atoms with E-state index in [0.29, 0.717) is 0 Å². The minimum Gasteiger partial charge on any atom is -0.394 e. The van der Waals surface area contributed by atoms with Crippen LogP contribution in [-0.4, -0.2) is 35.2 Å². The van der Waals surface area contributed by atoms with E-state index in [1.54, 1.807) is 4.90 Å². The third-order valence-electron chi connectivity index (χ3n) is 3.87. The van der Waals surface area contributed by atoms with Crippen molar-refractivity contribution in [2.45, 2.75) is 45.1 Å². The number of likely N-dealkylation sites (tertiary alicyclic amines) is 1. The van der Waals surface area contributed by atoms with Crippen molar-refractivity contribution in [1.82, 2.24) is 4.90 Å². The molecule has 1 aromatic rings. The second-order valence-corrected chi connectivity index (χ2v) is 5.40. The zero-order valence-electron chi connectivity index (χ0n) is 12.1. The fourth-order valence-electron chi connectivity index (χ4n) is 2.62. The number of carbonyl (C=O) groups excluding carboxylic acids is 1.